The molecule has 1 aromatic carbocycles. The lowest BCUT2D eigenvalue weighted by Crippen LogP contribution is -2.45. The summed E-state index contributed by atoms with van der Waals surface area (Å²) in [6.07, 6.45) is -1.91. The van der Waals surface area contributed by atoms with Crippen LogP contribution < -0.4 is 16.0 Å². The maximum absolute atomic E-state index is 12.9. The van der Waals surface area contributed by atoms with Crippen LogP contribution in [0, 0.1) is 5.82 Å². The van der Waals surface area contributed by atoms with Gasteiger partial charge in [0.25, 0.3) is 0 Å². The summed E-state index contributed by atoms with van der Waals surface area (Å²) >= 11 is 0. The largest absolute Gasteiger partial charge is 0.388 e. The van der Waals surface area contributed by atoms with Crippen LogP contribution in [0.3, 0.4) is 0 Å². The predicted octanol–water partition coefficient (Wildman–Crippen LogP) is 0.825. The lowest BCUT2D eigenvalue weighted by molar-refractivity contribution is -0.124. The van der Waals surface area contributed by atoms with Crippen molar-refractivity contribution in [2.24, 2.45) is 0 Å². The molecule has 3 amide bonds. The minimum atomic E-state index is -0.869. The zero-order valence-corrected chi connectivity index (χ0v) is 16.6. The van der Waals surface area contributed by atoms with Crippen molar-refractivity contribution in [3.8, 4) is 0 Å². The lowest BCUT2D eigenvalue weighted by Gasteiger charge is -2.20. The average Bonchev–Trinajstić information content (AvgIpc) is 3.17. The predicted molar refractivity (Wildman–Crippen MR) is 102 cm³/mol. The van der Waals surface area contributed by atoms with Crippen molar-refractivity contribution < 1.29 is 28.6 Å². The van der Waals surface area contributed by atoms with Gasteiger partial charge in [-0.05, 0) is 31.5 Å². The van der Waals surface area contributed by atoms with Crippen LogP contribution in [0.1, 0.15) is 32.3 Å². The van der Waals surface area contributed by atoms with E-state index >= 15 is 0 Å². The van der Waals surface area contributed by atoms with Crippen LogP contribution in [0.2, 0.25) is 0 Å². The van der Waals surface area contributed by atoms with Crippen molar-refractivity contribution in [3.05, 3.63) is 35.6 Å². The van der Waals surface area contributed by atoms with Gasteiger partial charge in [-0.15, -0.1) is 0 Å². The number of benzene rings is 1. The van der Waals surface area contributed by atoms with Crippen molar-refractivity contribution in [2.45, 2.75) is 69.8 Å². The number of nitrogens with one attached hydrogen (secondary N) is 3. The number of amides is 3. The third-order valence-corrected chi connectivity index (χ3v) is 4.98. The van der Waals surface area contributed by atoms with Crippen LogP contribution in [-0.4, -0.2) is 60.2 Å². The third-order valence-electron chi connectivity index (χ3n) is 4.98. The fourth-order valence-corrected chi connectivity index (χ4v) is 3.60. The molecule has 0 bridgehead atoms. The van der Waals surface area contributed by atoms with Crippen molar-refractivity contribution in [2.75, 3.05) is 6.54 Å². The topological polar surface area (TPSA) is 109 Å². The van der Waals surface area contributed by atoms with Crippen molar-refractivity contribution in [1.82, 2.24) is 16.0 Å². The molecule has 5 atom stereocenters. The van der Waals surface area contributed by atoms with E-state index in [0.717, 1.165) is 5.56 Å². The van der Waals surface area contributed by atoms with Gasteiger partial charge >= 0.3 is 6.03 Å². The van der Waals surface area contributed by atoms with Gasteiger partial charge in [0.2, 0.25) is 5.91 Å². The maximum Gasteiger partial charge on any atom is 0.315 e. The first-order valence-corrected chi connectivity index (χ1v) is 9.86. The first kappa shape index (κ1) is 21.5. The van der Waals surface area contributed by atoms with Gasteiger partial charge in [-0.3, -0.25) is 4.79 Å². The van der Waals surface area contributed by atoms with E-state index < -0.39 is 18.3 Å². The summed E-state index contributed by atoms with van der Waals surface area (Å²) in [5.74, 6) is -0.504. The molecule has 2 fully saturated rings. The maximum atomic E-state index is 12.9. The molecule has 0 spiro atoms. The van der Waals surface area contributed by atoms with Crippen molar-refractivity contribution in [1.29, 1.82) is 0 Å². The molecule has 3 rings (SSSR count). The highest BCUT2D eigenvalue weighted by molar-refractivity contribution is 5.76. The number of fused-ring (bicyclic) bond motifs is 1. The lowest BCUT2D eigenvalue weighted by atomic mass is 10.1. The Morgan fingerprint density at radius 3 is 2.59 bits per heavy atom. The van der Waals surface area contributed by atoms with E-state index in [1.807, 2.05) is 13.8 Å². The fourth-order valence-electron chi connectivity index (χ4n) is 3.60. The Labute approximate surface area is 169 Å². The summed E-state index contributed by atoms with van der Waals surface area (Å²) in [6.45, 7) is 4.20. The van der Waals surface area contributed by atoms with Gasteiger partial charge in [0.1, 0.15) is 24.1 Å². The Morgan fingerprint density at radius 1 is 1.21 bits per heavy atom. The van der Waals surface area contributed by atoms with E-state index in [1.165, 1.54) is 12.1 Å². The number of carbonyl (C=O) groups is 2. The van der Waals surface area contributed by atoms with E-state index in [1.54, 1.807) is 12.1 Å². The van der Waals surface area contributed by atoms with Crippen LogP contribution >= 0.6 is 0 Å². The molecule has 0 aromatic heterocycles. The van der Waals surface area contributed by atoms with Gasteiger partial charge in [-0.1, -0.05) is 12.1 Å². The molecule has 160 valence electrons. The van der Waals surface area contributed by atoms with E-state index in [9.17, 15) is 19.1 Å². The molecule has 9 heteroatoms. The Hall–Kier alpha value is -2.23. The van der Waals surface area contributed by atoms with Gasteiger partial charge < -0.3 is 30.5 Å². The van der Waals surface area contributed by atoms with Gasteiger partial charge in [-0.25, -0.2) is 9.18 Å². The third kappa shape index (κ3) is 5.88. The molecular weight excluding hydrogens is 381 g/mol. The number of hydrogen-bond donors (Lipinski definition) is 4. The molecule has 0 saturated carbocycles. The number of carbonyl (C=O) groups excluding carboxylic acids is 2. The fraction of sp³-hybridized carbons (Fsp3) is 0.600. The SMILES string of the molecule is CC(C)NC(=O)NCC1OC2CC(CC(=O)NCc3ccc(F)cc3)OC2C1O. The summed E-state index contributed by atoms with van der Waals surface area (Å²) in [4.78, 5) is 23.8. The van der Waals surface area contributed by atoms with E-state index in [0.29, 0.717) is 13.0 Å². The number of aliphatic hydroxyl groups is 1. The minimum absolute atomic E-state index is 0.0158. The second-order valence-corrected chi connectivity index (χ2v) is 7.78. The molecule has 1 aromatic rings. The Bertz CT molecular complexity index is 715. The number of urea groups is 1. The number of halogens is 1. The monoisotopic (exact) mass is 409 g/mol. The van der Waals surface area contributed by atoms with Crippen LogP contribution in [-0.2, 0) is 20.8 Å². The smallest absolute Gasteiger partial charge is 0.315 e. The number of ether oxygens (including phenoxy) is 2. The Morgan fingerprint density at radius 2 is 1.93 bits per heavy atom. The summed E-state index contributed by atoms with van der Waals surface area (Å²) in [6, 6.07) is 5.63. The normalized spacial score (nSPS) is 28.2. The highest BCUT2D eigenvalue weighted by atomic mass is 19.1. The zero-order valence-electron chi connectivity index (χ0n) is 16.6. The summed E-state index contributed by atoms with van der Waals surface area (Å²) in [5, 5.41) is 18.6. The molecular formula is C20H28FN3O5. The second kappa shape index (κ2) is 9.51. The molecule has 2 aliphatic rings. The Balaban J connectivity index is 1.39. The summed E-state index contributed by atoms with van der Waals surface area (Å²) in [5.41, 5.74) is 0.805. The molecule has 2 heterocycles. The van der Waals surface area contributed by atoms with Gasteiger partial charge in [0.15, 0.2) is 0 Å². The van der Waals surface area contributed by atoms with Crippen LogP contribution in [0.4, 0.5) is 9.18 Å². The molecule has 0 aliphatic carbocycles. The van der Waals surface area contributed by atoms with Crippen molar-refractivity contribution in [3.63, 3.8) is 0 Å². The molecule has 5 unspecified atom stereocenters. The van der Waals surface area contributed by atoms with Crippen molar-refractivity contribution >= 4 is 11.9 Å². The van der Waals surface area contributed by atoms with Crippen LogP contribution in [0.25, 0.3) is 0 Å². The molecule has 29 heavy (non-hydrogen) atoms. The summed E-state index contributed by atoms with van der Waals surface area (Å²) in [7, 11) is 0. The zero-order chi connectivity index (χ0) is 21.0. The molecule has 2 aliphatic heterocycles. The van der Waals surface area contributed by atoms with Gasteiger partial charge in [-0.2, -0.15) is 0 Å². The van der Waals surface area contributed by atoms with Crippen LogP contribution in [0.15, 0.2) is 24.3 Å². The number of aliphatic hydroxyl groups excluding tert-OH is 1. The standard InChI is InChI=1S/C20H28FN3O5/c1-11(2)24-20(27)23-10-16-18(26)19-15(29-16)7-14(28-19)8-17(25)22-9-12-3-5-13(21)6-4-12/h3-6,11,14-16,18-19,26H,7-10H2,1-2H3,(H,22,25)(H2,23,24,27). The first-order valence-electron chi connectivity index (χ1n) is 9.86. The van der Waals surface area contributed by atoms with Gasteiger partial charge in [0, 0.05) is 25.6 Å². The van der Waals surface area contributed by atoms with E-state index in [-0.39, 0.29) is 49.0 Å². The molecule has 8 nitrogen and oxygen atoms in total. The highest BCUT2D eigenvalue weighted by Gasteiger charge is 2.50. The minimum Gasteiger partial charge on any atom is -0.388 e. The molecule has 2 saturated heterocycles. The van der Waals surface area contributed by atoms with Crippen LogP contribution in [0.5, 0.6) is 0 Å². The molecule has 0 radical (unpaired) electrons. The quantitative estimate of drug-likeness (QED) is 0.533. The molecule has 4 N–H and O–H groups in total. The van der Waals surface area contributed by atoms with E-state index in [4.69, 9.17) is 9.47 Å². The van der Waals surface area contributed by atoms with Gasteiger partial charge in [0.05, 0.1) is 18.6 Å². The highest BCUT2D eigenvalue weighted by Crippen LogP contribution is 2.35. The summed E-state index contributed by atoms with van der Waals surface area (Å²) < 4.78 is 24.6. The Kier molecular flexibility index (Phi) is 7.05. The number of hydrogen-bond acceptors (Lipinski definition) is 5. The number of rotatable bonds is 7. The first-order chi connectivity index (χ1) is 13.8. The second-order valence-electron chi connectivity index (χ2n) is 7.78. The average molecular weight is 409 g/mol. The van der Waals surface area contributed by atoms with E-state index in [2.05, 4.69) is 16.0 Å².